The fourth-order valence-corrected chi connectivity index (χ4v) is 1.18. The molecule has 1 aromatic rings. The van der Waals surface area contributed by atoms with Crippen molar-refractivity contribution in [2.24, 2.45) is 0 Å². The molecule has 13 heavy (non-hydrogen) atoms. The Kier molecular flexibility index (Phi) is 3.06. The van der Waals surface area contributed by atoms with Gasteiger partial charge in [-0.15, -0.1) is 0 Å². The summed E-state index contributed by atoms with van der Waals surface area (Å²) in [6.45, 7) is 4.15. The number of nitrogens with one attached hydrogen (secondary N) is 1. The van der Waals surface area contributed by atoms with E-state index in [2.05, 4.69) is 29.1 Å². The van der Waals surface area contributed by atoms with Crippen LogP contribution in [0.3, 0.4) is 0 Å². The lowest BCUT2D eigenvalue weighted by atomic mass is 10.1. The summed E-state index contributed by atoms with van der Waals surface area (Å²) in [5.41, 5.74) is 0.932. The van der Waals surface area contributed by atoms with Crippen LogP contribution in [0.4, 0.5) is 5.82 Å². The summed E-state index contributed by atoms with van der Waals surface area (Å²) >= 11 is 0. The Balaban J connectivity index is 3.19. The average molecular weight is 181 g/mol. The molecule has 0 unspecified atom stereocenters. The lowest BCUT2D eigenvalue weighted by Gasteiger charge is -2.12. The van der Waals surface area contributed by atoms with E-state index in [1.54, 1.807) is 13.4 Å². The minimum absolute atomic E-state index is 0.338. The number of anilines is 1. The molecule has 0 atom stereocenters. The molecule has 0 aliphatic rings. The van der Waals surface area contributed by atoms with Gasteiger partial charge in [0.2, 0.25) is 0 Å². The summed E-state index contributed by atoms with van der Waals surface area (Å²) in [4.78, 5) is 8.25. The number of ether oxygens (including phenoxy) is 1. The molecule has 1 N–H and O–H groups in total. The summed E-state index contributed by atoms with van der Waals surface area (Å²) in [6.07, 6.45) is 1.55. The maximum atomic E-state index is 5.24. The molecule has 72 valence electrons. The minimum Gasteiger partial charge on any atom is -0.491 e. The second-order valence-corrected chi connectivity index (χ2v) is 3.05. The first kappa shape index (κ1) is 9.77. The molecule has 0 saturated carbocycles. The van der Waals surface area contributed by atoms with Gasteiger partial charge in [0.1, 0.15) is 6.33 Å². The van der Waals surface area contributed by atoms with E-state index in [-0.39, 0.29) is 0 Å². The zero-order valence-electron chi connectivity index (χ0n) is 8.46. The topological polar surface area (TPSA) is 47.0 Å². The number of hydrogen-bond acceptors (Lipinski definition) is 4. The van der Waals surface area contributed by atoms with E-state index in [0.29, 0.717) is 5.92 Å². The molecule has 0 spiro atoms. The van der Waals surface area contributed by atoms with Crippen LogP contribution < -0.4 is 10.1 Å². The van der Waals surface area contributed by atoms with Gasteiger partial charge >= 0.3 is 0 Å². The lowest BCUT2D eigenvalue weighted by Crippen LogP contribution is -2.03. The van der Waals surface area contributed by atoms with Crippen molar-refractivity contribution in [1.29, 1.82) is 0 Å². The van der Waals surface area contributed by atoms with Gasteiger partial charge in [0.15, 0.2) is 11.6 Å². The van der Waals surface area contributed by atoms with Crippen LogP contribution >= 0.6 is 0 Å². The van der Waals surface area contributed by atoms with Crippen LogP contribution in [0.25, 0.3) is 0 Å². The largest absolute Gasteiger partial charge is 0.491 e. The van der Waals surface area contributed by atoms with Gasteiger partial charge in [-0.1, -0.05) is 13.8 Å². The molecule has 0 radical (unpaired) electrons. The molecule has 1 heterocycles. The van der Waals surface area contributed by atoms with Crippen molar-refractivity contribution in [2.45, 2.75) is 19.8 Å². The molecule has 1 aromatic heterocycles. The van der Waals surface area contributed by atoms with Gasteiger partial charge in [-0.2, -0.15) is 0 Å². The summed E-state index contributed by atoms with van der Waals surface area (Å²) in [6, 6.07) is 0. The highest BCUT2D eigenvalue weighted by Crippen LogP contribution is 2.29. The predicted molar refractivity (Wildman–Crippen MR) is 52.2 cm³/mol. The molecular weight excluding hydrogens is 166 g/mol. The molecule has 0 amide bonds. The van der Waals surface area contributed by atoms with Gasteiger partial charge in [0.25, 0.3) is 0 Å². The fourth-order valence-electron chi connectivity index (χ4n) is 1.18. The second kappa shape index (κ2) is 4.07. The third-order valence-corrected chi connectivity index (χ3v) is 1.82. The standard InChI is InChI=1S/C9H15N3O/c1-6(2)7-8(13-4)9(10-3)12-5-11-7/h5-6H,1-4H3,(H,10,11,12). The van der Waals surface area contributed by atoms with Gasteiger partial charge in [0, 0.05) is 7.05 Å². The van der Waals surface area contributed by atoms with Gasteiger partial charge in [-0.3, -0.25) is 0 Å². The number of hydrogen-bond donors (Lipinski definition) is 1. The van der Waals surface area contributed by atoms with Crippen molar-refractivity contribution in [3.8, 4) is 5.75 Å². The molecule has 0 aliphatic carbocycles. The zero-order valence-corrected chi connectivity index (χ0v) is 8.46. The Bertz CT molecular complexity index is 286. The quantitative estimate of drug-likeness (QED) is 0.770. The van der Waals surface area contributed by atoms with Crippen molar-refractivity contribution >= 4 is 5.82 Å². The Morgan fingerprint density at radius 2 is 2.08 bits per heavy atom. The normalized spacial score (nSPS) is 10.2. The van der Waals surface area contributed by atoms with Crippen molar-refractivity contribution in [2.75, 3.05) is 19.5 Å². The first-order valence-corrected chi connectivity index (χ1v) is 4.27. The molecule has 0 aliphatic heterocycles. The Morgan fingerprint density at radius 1 is 1.38 bits per heavy atom. The molecule has 4 nitrogen and oxygen atoms in total. The Hall–Kier alpha value is -1.32. The summed E-state index contributed by atoms with van der Waals surface area (Å²) in [5.74, 6) is 1.81. The third kappa shape index (κ3) is 1.88. The van der Waals surface area contributed by atoms with Crippen molar-refractivity contribution in [3.63, 3.8) is 0 Å². The molecule has 0 bridgehead atoms. The van der Waals surface area contributed by atoms with Crippen LogP contribution in [0.1, 0.15) is 25.5 Å². The van der Waals surface area contributed by atoms with Gasteiger partial charge in [-0.05, 0) is 5.92 Å². The number of rotatable bonds is 3. The zero-order chi connectivity index (χ0) is 9.84. The van der Waals surface area contributed by atoms with E-state index in [1.807, 2.05) is 7.05 Å². The molecular formula is C9H15N3O. The number of aromatic nitrogens is 2. The van der Waals surface area contributed by atoms with E-state index in [4.69, 9.17) is 4.74 Å². The van der Waals surface area contributed by atoms with Crippen LogP contribution in [0.5, 0.6) is 5.75 Å². The van der Waals surface area contributed by atoms with Gasteiger partial charge in [-0.25, -0.2) is 9.97 Å². The average Bonchev–Trinajstić information content (AvgIpc) is 2.16. The summed E-state index contributed by atoms with van der Waals surface area (Å²) < 4.78 is 5.24. The van der Waals surface area contributed by atoms with Crippen molar-refractivity contribution in [1.82, 2.24) is 9.97 Å². The maximum Gasteiger partial charge on any atom is 0.183 e. The van der Waals surface area contributed by atoms with Crippen LogP contribution in [0, 0.1) is 0 Å². The molecule has 4 heteroatoms. The van der Waals surface area contributed by atoms with Gasteiger partial charge < -0.3 is 10.1 Å². The van der Waals surface area contributed by atoms with Crippen LogP contribution in [-0.2, 0) is 0 Å². The second-order valence-electron chi connectivity index (χ2n) is 3.05. The number of methoxy groups -OCH3 is 1. The first-order valence-electron chi connectivity index (χ1n) is 4.27. The Morgan fingerprint density at radius 3 is 2.54 bits per heavy atom. The monoisotopic (exact) mass is 181 g/mol. The van der Waals surface area contributed by atoms with E-state index in [1.165, 1.54) is 0 Å². The van der Waals surface area contributed by atoms with Crippen molar-refractivity contribution in [3.05, 3.63) is 12.0 Å². The fraction of sp³-hybridized carbons (Fsp3) is 0.556. The highest BCUT2D eigenvalue weighted by molar-refractivity contribution is 5.52. The van der Waals surface area contributed by atoms with Crippen molar-refractivity contribution < 1.29 is 4.74 Å². The first-order chi connectivity index (χ1) is 6.20. The molecule has 0 saturated heterocycles. The summed E-state index contributed by atoms with van der Waals surface area (Å²) in [5, 5.41) is 2.97. The van der Waals surface area contributed by atoms with Gasteiger partial charge in [0.05, 0.1) is 12.8 Å². The highest BCUT2D eigenvalue weighted by atomic mass is 16.5. The SMILES string of the molecule is CNc1ncnc(C(C)C)c1OC. The summed E-state index contributed by atoms with van der Waals surface area (Å²) in [7, 11) is 3.44. The number of nitrogens with zero attached hydrogens (tertiary/aromatic N) is 2. The lowest BCUT2D eigenvalue weighted by molar-refractivity contribution is 0.404. The van der Waals surface area contributed by atoms with E-state index in [9.17, 15) is 0 Å². The van der Waals surface area contributed by atoms with Crippen LogP contribution in [0.2, 0.25) is 0 Å². The Labute approximate surface area is 78.4 Å². The minimum atomic E-state index is 0.338. The molecule has 1 rings (SSSR count). The molecule has 0 fully saturated rings. The highest BCUT2D eigenvalue weighted by Gasteiger charge is 2.13. The predicted octanol–water partition coefficient (Wildman–Crippen LogP) is 1.65. The third-order valence-electron chi connectivity index (χ3n) is 1.82. The maximum absolute atomic E-state index is 5.24. The smallest absolute Gasteiger partial charge is 0.183 e. The van der Waals surface area contributed by atoms with Crippen LogP contribution in [0.15, 0.2) is 6.33 Å². The van der Waals surface area contributed by atoms with E-state index < -0.39 is 0 Å². The van der Waals surface area contributed by atoms with Crippen LogP contribution in [-0.4, -0.2) is 24.1 Å². The molecule has 0 aromatic carbocycles. The van der Waals surface area contributed by atoms with E-state index in [0.717, 1.165) is 17.3 Å². The van der Waals surface area contributed by atoms with E-state index >= 15 is 0 Å².